The summed E-state index contributed by atoms with van der Waals surface area (Å²) in [4.78, 5) is 17.6. The van der Waals surface area contributed by atoms with Crippen LogP contribution in [0.5, 0.6) is 11.5 Å². The molecule has 1 unspecified atom stereocenters. The lowest BCUT2D eigenvalue weighted by molar-refractivity contribution is -0.121. The van der Waals surface area contributed by atoms with Crippen LogP contribution in [-0.2, 0) is 17.8 Å². The summed E-state index contributed by atoms with van der Waals surface area (Å²) in [7, 11) is 1.64. The number of nitrogens with zero attached hydrogens (tertiary/aromatic N) is 2. The Morgan fingerprint density at radius 2 is 1.79 bits per heavy atom. The number of amides is 1. The van der Waals surface area contributed by atoms with Crippen molar-refractivity contribution < 1.29 is 14.3 Å². The van der Waals surface area contributed by atoms with E-state index in [9.17, 15) is 4.79 Å². The smallest absolute Gasteiger partial charge is 0.225 e. The Balaban J connectivity index is 1.43. The van der Waals surface area contributed by atoms with Gasteiger partial charge in [0.15, 0.2) is 0 Å². The average molecular weight is 458 g/mol. The topological polar surface area (TPSA) is 65.4 Å². The number of rotatable bonds is 10. The third-order valence-corrected chi connectivity index (χ3v) is 5.90. The van der Waals surface area contributed by atoms with Gasteiger partial charge < -0.3 is 19.4 Å². The lowest BCUT2D eigenvalue weighted by atomic mass is 10.1. The molecule has 0 aliphatic heterocycles. The van der Waals surface area contributed by atoms with Gasteiger partial charge in [-0.1, -0.05) is 42.5 Å². The van der Waals surface area contributed by atoms with E-state index < -0.39 is 0 Å². The first-order chi connectivity index (χ1) is 16.5. The lowest BCUT2D eigenvalue weighted by Gasteiger charge is -2.17. The summed E-state index contributed by atoms with van der Waals surface area (Å²) in [5, 5.41) is 3.13. The largest absolute Gasteiger partial charge is 0.497 e. The molecule has 1 amide bonds. The van der Waals surface area contributed by atoms with E-state index >= 15 is 0 Å². The highest BCUT2D eigenvalue weighted by Gasteiger charge is 2.18. The van der Waals surface area contributed by atoms with Crippen LogP contribution in [0.3, 0.4) is 0 Å². The van der Waals surface area contributed by atoms with Gasteiger partial charge in [0.2, 0.25) is 5.91 Å². The number of hydrogen-bond donors (Lipinski definition) is 1. The second kappa shape index (κ2) is 10.9. The second-order valence-corrected chi connectivity index (χ2v) is 8.38. The van der Waals surface area contributed by atoms with E-state index in [-0.39, 0.29) is 11.9 Å². The first-order valence-corrected chi connectivity index (χ1v) is 11.6. The second-order valence-electron chi connectivity index (χ2n) is 8.38. The molecule has 0 fully saturated rings. The highest BCUT2D eigenvalue weighted by atomic mass is 16.5. The number of imidazole rings is 1. The molecule has 1 N–H and O–H groups in total. The van der Waals surface area contributed by atoms with E-state index in [0.29, 0.717) is 13.0 Å². The quantitative estimate of drug-likeness (QED) is 0.331. The molecule has 176 valence electrons. The molecule has 0 bridgehead atoms. The van der Waals surface area contributed by atoms with E-state index in [1.165, 1.54) is 0 Å². The molecule has 0 saturated heterocycles. The molecule has 1 heterocycles. The molecule has 0 aliphatic rings. The van der Waals surface area contributed by atoms with Crippen LogP contribution in [0.1, 0.15) is 36.3 Å². The maximum absolute atomic E-state index is 12.8. The predicted molar refractivity (Wildman–Crippen MR) is 134 cm³/mol. The minimum Gasteiger partial charge on any atom is -0.497 e. The standard InChI is InChI=1S/C28H31N3O3/c1-20-10-4-5-11-22(20)18-27(32)29-21(2)28-30-25-14-6-7-15-26(25)31(28)16-9-17-34-24-13-8-12-23(19-24)33-3/h4-8,10-15,19,21H,9,16-18H2,1-3H3,(H,29,32). The molecule has 1 atom stereocenters. The maximum Gasteiger partial charge on any atom is 0.225 e. The van der Waals surface area contributed by atoms with Crippen LogP contribution >= 0.6 is 0 Å². The summed E-state index contributed by atoms with van der Waals surface area (Å²) in [6.07, 6.45) is 1.15. The van der Waals surface area contributed by atoms with Crippen LogP contribution in [-0.4, -0.2) is 29.2 Å². The fraction of sp³-hybridized carbons (Fsp3) is 0.286. The summed E-state index contributed by atoms with van der Waals surface area (Å²) in [5.41, 5.74) is 4.13. The Kier molecular flexibility index (Phi) is 7.48. The number of benzene rings is 3. The summed E-state index contributed by atoms with van der Waals surface area (Å²) >= 11 is 0. The Bertz CT molecular complexity index is 1260. The molecule has 0 saturated carbocycles. The van der Waals surface area contributed by atoms with Crippen molar-refractivity contribution in [3.05, 3.63) is 89.7 Å². The number of carbonyl (C=O) groups excluding carboxylic acids is 1. The number of hydrogen-bond acceptors (Lipinski definition) is 4. The maximum atomic E-state index is 12.8. The molecule has 4 aromatic rings. The number of para-hydroxylation sites is 2. The van der Waals surface area contributed by atoms with Gasteiger partial charge in [-0.25, -0.2) is 4.98 Å². The number of fused-ring (bicyclic) bond motifs is 1. The van der Waals surface area contributed by atoms with Crippen LogP contribution in [0.15, 0.2) is 72.8 Å². The molecule has 1 aromatic heterocycles. The number of aromatic nitrogens is 2. The van der Waals surface area contributed by atoms with Gasteiger partial charge in [0.1, 0.15) is 17.3 Å². The Hall–Kier alpha value is -3.80. The third-order valence-electron chi connectivity index (χ3n) is 5.90. The van der Waals surface area contributed by atoms with E-state index in [2.05, 4.69) is 16.0 Å². The van der Waals surface area contributed by atoms with Crippen LogP contribution in [0, 0.1) is 6.92 Å². The summed E-state index contributed by atoms with van der Waals surface area (Å²) in [5.74, 6) is 2.39. The minimum atomic E-state index is -0.219. The van der Waals surface area contributed by atoms with Gasteiger partial charge in [-0.05, 0) is 55.7 Å². The fourth-order valence-electron chi connectivity index (χ4n) is 4.10. The zero-order valence-corrected chi connectivity index (χ0v) is 20.0. The SMILES string of the molecule is COc1cccc(OCCCn2c(C(C)NC(=O)Cc3ccccc3C)nc3ccccc32)c1. The monoisotopic (exact) mass is 457 g/mol. The van der Waals surface area contributed by atoms with Gasteiger partial charge in [0.25, 0.3) is 0 Å². The molecule has 0 spiro atoms. The summed E-state index contributed by atoms with van der Waals surface area (Å²) < 4.78 is 13.4. The Morgan fingerprint density at radius 1 is 1.03 bits per heavy atom. The summed E-state index contributed by atoms with van der Waals surface area (Å²) in [6.45, 7) is 5.31. The molecule has 3 aromatic carbocycles. The van der Waals surface area contributed by atoms with Gasteiger partial charge in [-0.2, -0.15) is 0 Å². The number of nitrogens with one attached hydrogen (secondary N) is 1. The van der Waals surface area contributed by atoms with Crippen LogP contribution in [0.25, 0.3) is 11.0 Å². The van der Waals surface area contributed by atoms with Gasteiger partial charge >= 0.3 is 0 Å². The van der Waals surface area contributed by atoms with Crippen molar-refractivity contribution in [2.45, 2.75) is 39.3 Å². The number of methoxy groups -OCH3 is 1. The normalized spacial score (nSPS) is 11.9. The van der Waals surface area contributed by atoms with Crippen LogP contribution in [0.4, 0.5) is 0 Å². The van der Waals surface area contributed by atoms with E-state index in [1.807, 2.05) is 80.6 Å². The first-order valence-electron chi connectivity index (χ1n) is 11.6. The minimum absolute atomic E-state index is 0.0123. The Morgan fingerprint density at radius 3 is 2.62 bits per heavy atom. The lowest BCUT2D eigenvalue weighted by Crippen LogP contribution is -2.30. The van der Waals surface area contributed by atoms with Crippen LogP contribution in [0.2, 0.25) is 0 Å². The van der Waals surface area contributed by atoms with Gasteiger partial charge in [0.05, 0.1) is 37.2 Å². The molecular weight excluding hydrogens is 426 g/mol. The number of aryl methyl sites for hydroxylation is 2. The molecule has 0 aliphatic carbocycles. The van der Waals surface area contributed by atoms with Crippen molar-refractivity contribution in [1.82, 2.24) is 14.9 Å². The van der Waals surface area contributed by atoms with Crippen molar-refractivity contribution in [3.63, 3.8) is 0 Å². The fourth-order valence-corrected chi connectivity index (χ4v) is 4.10. The van der Waals surface area contributed by atoms with Crippen molar-refractivity contribution in [2.75, 3.05) is 13.7 Å². The highest BCUT2D eigenvalue weighted by molar-refractivity contribution is 5.80. The zero-order chi connectivity index (χ0) is 23.9. The van der Waals surface area contributed by atoms with E-state index in [4.69, 9.17) is 14.5 Å². The molecular formula is C28H31N3O3. The van der Waals surface area contributed by atoms with Gasteiger partial charge in [-0.15, -0.1) is 0 Å². The summed E-state index contributed by atoms with van der Waals surface area (Å²) in [6, 6.07) is 23.4. The molecule has 4 rings (SSSR count). The first kappa shape index (κ1) is 23.4. The van der Waals surface area contributed by atoms with Crippen molar-refractivity contribution >= 4 is 16.9 Å². The average Bonchev–Trinajstić information content (AvgIpc) is 3.22. The van der Waals surface area contributed by atoms with Gasteiger partial charge in [0, 0.05) is 12.6 Å². The predicted octanol–water partition coefficient (Wildman–Crippen LogP) is 5.24. The van der Waals surface area contributed by atoms with Gasteiger partial charge in [-0.3, -0.25) is 4.79 Å². The van der Waals surface area contributed by atoms with Crippen molar-refractivity contribution in [2.24, 2.45) is 0 Å². The molecule has 6 nitrogen and oxygen atoms in total. The van der Waals surface area contributed by atoms with Crippen LogP contribution < -0.4 is 14.8 Å². The highest BCUT2D eigenvalue weighted by Crippen LogP contribution is 2.23. The van der Waals surface area contributed by atoms with E-state index in [1.54, 1.807) is 7.11 Å². The molecule has 0 radical (unpaired) electrons. The zero-order valence-electron chi connectivity index (χ0n) is 20.0. The number of carbonyl (C=O) groups is 1. The van der Waals surface area contributed by atoms with E-state index in [0.717, 1.165) is 52.4 Å². The molecule has 34 heavy (non-hydrogen) atoms. The number of ether oxygens (including phenoxy) is 2. The molecule has 6 heteroatoms. The van der Waals surface area contributed by atoms with Crippen molar-refractivity contribution in [3.8, 4) is 11.5 Å². The third kappa shape index (κ3) is 5.57. The van der Waals surface area contributed by atoms with Crippen molar-refractivity contribution in [1.29, 1.82) is 0 Å². The Labute approximate surface area is 200 Å².